The maximum absolute atomic E-state index is 11.9. The second-order valence-corrected chi connectivity index (χ2v) is 6.17. The number of hydrogen-bond donors (Lipinski definition) is 2. The van der Waals surface area contributed by atoms with Crippen LogP contribution in [0, 0.1) is 6.92 Å². The number of aromatic nitrogens is 1. The van der Waals surface area contributed by atoms with E-state index in [1.165, 1.54) is 0 Å². The number of amides is 2. The lowest BCUT2D eigenvalue weighted by molar-refractivity contribution is 0.262. The zero-order valence-corrected chi connectivity index (χ0v) is 12.8. The predicted molar refractivity (Wildman–Crippen MR) is 88.5 cm³/mol. The average molecular weight is 318 g/mol. The Balaban J connectivity index is 1.71. The van der Waals surface area contributed by atoms with Crippen LogP contribution < -0.4 is 10.6 Å². The first-order valence-electron chi connectivity index (χ1n) is 6.31. The number of rotatable bonds is 2. The van der Waals surface area contributed by atoms with Gasteiger partial charge in [-0.15, -0.1) is 11.3 Å². The Kier molecular flexibility index (Phi) is 3.77. The van der Waals surface area contributed by atoms with E-state index >= 15 is 0 Å². The molecule has 1 aromatic heterocycles. The number of thiazole rings is 1. The van der Waals surface area contributed by atoms with Crippen molar-refractivity contribution in [1.29, 1.82) is 0 Å². The van der Waals surface area contributed by atoms with Crippen LogP contribution in [0.2, 0.25) is 5.02 Å². The normalized spacial score (nSPS) is 10.6. The quantitative estimate of drug-likeness (QED) is 0.706. The van der Waals surface area contributed by atoms with E-state index in [-0.39, 0.29) is 6.03 Å². The van der Waals surface area contributed by atoms with E-state index in [1.54, 1.807) is 35.6 Å². The summed E-state index contributed by atoms with van der Waals surface area (Å²) in [6, 6.07) is 12.3. The molecule has 3 rings (SSSR count). The fourth-order valence-corrected chi connectivity index (χ4v) is 2.88. The second kappa shape index (κ2) is 5.71. The summed E-state index contributed by atoms with van der Waals surface area (Å²) in [7, 11) is 0. The van der Waals surface area contributed by atoms with Crippen molar-refractivity contribution >= 4 is 50.6 Å². The number of anilines is 2. The Hall–Kier alpha value is -2.11. The molecule has 106 valence electrons. The van der Waals surface area contributed by atoms with Crippen LogP contribution in [0.4, 0.5) is 16.2 Å². The zero-order valence-electron chi connectivity index (χ0n) is 11.2. The van der Waals surface area contributed by atoms with E-state index < -0.39 is 0 Å². The third-order valence-corrected chi connectivity index (χ3v) is 4.06. The highest BCUT2D eigenvalue weighted by Gasteiger charge is 2.05. The number of fused-ring (bicyclic) bond motifs is 1. The van der Waals surface area contributed by atoms with E-state index in [4.69, 9.17) is 11.6 Å². The first-order chi connectivity index (χ1) is 10.1. The lowest BCUT2D eigenvalue weighted by Crippen LogP contribution is -2.19. The Morgan fingerprint density at radius 3 is 2.52 bits per heavy atom. The second-order valence-electron chi connectivity index (χ2n) is 4.50. The minimum absolute atomic E-state index is 0.302. The number of nitrogens with zero attached hydrogens (tertiary/aromatic N) is 1. The van der Waals surface area contributed by atoms with Crippen LogP contribution in [-0.4, -0.2) is 11.0 Å². The molecule has 0 saturated carbocycles. The van der Waals surface area contributed by atoms with Gasteiger partial charge in [0.05, 0.1) is 15.2 Å². The molecule has 0 atom stereocenters. The summed E-state index contributed by atoms with van der Waals surface area (Å²) in [5.41, 5.74) is 2.28. The van der Waals surface area contributed by atoms with Gasteiger partial charge < -0.3 is 10.6 Å². The number of nitrogens with one attached hydrogen (secondary N) is 2. The summed E-state index contributed by atoms with van der Waals surface area (Å²) in [6.07, 6.45) is 0. The minimum Gasteiger partial charge on any atom is -0.308 e. The van der Waals surface area contributed by atoms with Gasteiger partial charge in [0, 0.05) is 16.4 Å². The van der Waals surface area contributed by atoms with Gasteiger partial charge in [0.15, 0.2) is 0 Å². The molecule has 2 amide bonds. The highest BCUT2D eigenvalue weighted by molar-refractivity contribution is 7.18. The molecule has 0 aliphatic heterocycles. The van der Waals surface area contributed by atoms with Gasteiger partial charge in [0.2, 0.25) is 0 Å². The van der Waals surface area contributed by atoms with Gasteiger partial charge in [-0.3, -0.25) is 0 Å². The van der Waals surface area contributed by atoms with Crippen LogP contribution in [0.25, 0.3) is 10.2 Å². The number of hydrogen-bond acceptors (Lipinski definition) is 3. The van der Waals surface area contributed by atoms with Crippen LogP contribution in [0.1, 0.15) is 5.01 Å². The van der Waals surface area contributed by atoms with Gasteiger partial charge in [-0.25, -0.2) is 9.78 Å². The summed E-state index contributed by atoms with van der Waals surface area (Å²) < 4.78 is 1.11. The molecule has 0 unspecified atom stereocenters. The highest BCUT2D eigenvalue weighted by atomic mass is 35.5. The van der Waals surface area contributed by atoms with Gasteiger partial charge in [0.1, 0.15) is 0 Å². The SMILES string of the molecule is Cc1nc2cc(NC(=O)Nc3ccc(Cl)cc3)ccc2s1. The van der Waals surface area contributed by atoms with Gasteiger partial charge >= 0.3 is 6.03 Å². The summed E-state index contributed by atoms with van der Waals surface area (Å²) >= 11 is 7.43. The Labute approximate surface area is 130 Å². The average Bonchev–Trinajstić information content (AvgIpc) is 2.80. The Morgan fingerprint density at radius 1 is 1.10 bits per heavy atom. The molecule has 6 heteroatoms. The number of carbonyl (C=O) groups is 1. The van der Waals surface area contributed by atoms with Gasteiger partial charge in [-0.2, -0.15) is 0 Å². The van der Waals surface area contributed by atoms with Crippen molar-refractivity contribution in [3.8, 4) is 0 Å². The number of urea groups is 1. The molecule has 3 aromatic rings. The number of aryl methyl sites for hydroxylation is 1. The van der Waals surface area contributed by atoms with E-state index in [1.807, 2.05) is 25.1 Å². The molecular weight excluding hydrogens is 306 g/mol. The zero-order chi connectivity index (χ0) is 14.8. The van der Waals surface area contributed by atoms with Crippen molar-refractivity contribution in [3.05, 3.63) is 52.5 Å². The molecule has 0 radical (unpaired) electrons. The van der Waals surface area contributed by atoms with Crippen molar-refractivity contribution in [2.24, 2.45) is 0 Å². The Bertz CT molecular complexity index is 798. The van der Waals surface area contributed by atoms with Gasteiger partial charge in [-0.05, 0) is 49.4 Å². The minimum atomic E-state index is -0.302. The molecule has 1 heterocycles. The molecule has 21 heavy (non-hydrogen) atoms. The first kappa shape index (κ1) is 13.9. The maximum Gasteiger partial charge on any atom is 0.323 e. The summed E-state index contributed by atoms with van der Waals surface area (Å²) in [4.78, 5) is 16.3. The van der Waals surface area contributed by atoms with E-state index in [0.29, 0.717) is 16.4 Å². The summed E-state index contributed by atoms with van der Waals surface area (Å²) in [5.74, 6) is 0. The van der Waals surface area contributed by atoms with Crippen molar-refractivity contribution in [2.75, 3.05) is 10.6 Å². The molecule has 0 saturated heterocycles. The van der Waals surface area contributed by atoms with Crippen LogP contribution in [-0.2, 0) is 0 Å². The molecule has 0 spiro atoms. The topological polar surface area (TPSA) is 54.0 Å². The molecule has 0 bridgehead atoms. The third-order valence-electron chi connectivity index (χ3n) is 2.85. The number of halogens is 1. The molecule has 0 aliphatic carbocycles. The lowest BCUT2D eigenvalue weighted by atomic mass is 10.3. The van der Waals surface area contributed by atoms with E-state index in [0.717, 1.165) is 15.2 Å². The van der Waals surface area contributed by atoms with Crippen molar-refractivity contribution in [1.82, 2.24) is 4.98 Å². The molecule has 4 nitrogen and oxygen atoms in total. The fourth-order valence-electron chi connectivity index (χ4n) is 1.95. The lowest BCUT2D eigenvalue weighted by Gasteiger charge is -2.07. The third kappa shape index (κ3) is 3.32. The maximum atomic E-state index is 11.9. The largest absolute Gasteiger partial charge is 0.323 e. The van der Waals surface area contributed by atoms with Crippen LogP contribution in [0.5, 0.6) is 0 Å². The van der Waals surface area contributed by atoms with Crippen LogP contribution >= 0.6 is 22.9 Å². The fraction of sp³-hybridized carbons (Fsp3) is 0.0667. The number of carbonyl (C=O) groups excluding carboxylic acids is 1. The van der Waals surface area contributed by atoms with Gasteiger partial charge in [0.25, 0.3) is 0 Å². The summed E-state index contributed by atoms with van der Waals surface area (Å²) in [5, 5.41) is 7.17. The molecule has 0 fully saturated rings. The number of benzene rings is 2. The van der Waals surface area contributed by atoms with Crippen LogP contribution in [0.15, 0.2) is 42.5 Å². The van der Waals surface area contributed by atoms with E-state index in [2.05, 4.69) is 15.6 Å². The molecular formula is C15H12ClN3OS. The van der Waals surface area contributed by atoms with Crippen molar-refractivity contribution in [2.45, 2.75) is 6.92 Å². The molecule has 2 aromatic carbocycles. The van der Waals surface area contributed by atoms with E-state index in [9.17, 15) is 4.79 Å². The standard InChI is InChI=1S/C15H12ClN3OS/c1-9-17-13-8-12(6-7-14(13)21-9)19-15(20)18-11-4-2-10(16)3-5-11/h2-8H,1H3,(H2,18,19,20). The van der Waals surface area contributed by atoms with Gasteiger partial charge in [-0.1, -0.05) is 11.6 Å². The predicted octanol–water partition coefficient (Wildman–Crippen LogP) is 4.90. The Morgan fingerprint density at radius 2 is 1.76 bits per heavy atom. The highest BCUT2D eigenvalue weighted by Crippen LogP contribution is 2.24. The first-order valence-corrected chi connectivity index (χ1v) is 7.50. The summed E-state index contributed by atoms with van der Waals surface area (Å²) in [6.45, 7) is 1.96. The van der Waals surface area contributed by atoms with Crippen molar-refractivity contribution in [3.63, 3.8) is 0 Å². The smallest absolute Gasteiger partial charge is 0.308 e. The van der Waals surface area contributed by atoms with Crippen molar-refractivity contribution < 1.29 is 4.79 Å². The molecule has 0 aliphatic rings. The molecule has 2 N–H and O–H groups in total. The van der Waals surface area contributed by atoms with Crippen LogP contribution in [0.3, 0.4) is 0 Å². The monoisotopic (exact) mass is 317 g/mol.